The van der Waals surface area contributed by atoms with Gasteiger partial charge in [-0.3, -0.25) is 4.79 Å². The van der Waals surface area contributed by atoms with Crippen LogP contribution in [0, 0.1) is 5.82 Å². The molecule has 0 atom stereocenters. The Labute approximate surface area is 189 Å². The van der Waals surface area contributed by atoms with E-state index >= 15 is 0 Å². The van der Waals surface area contributed by atoms with Gasteiger partial charge in [0.15, 0.2) is 0 Å². The van der Waals surface area contributed by atoms with Crippen molar-refractivity contribution >= 4 is 46.5 Å². The zero-order chi connectivity index (χ0) is 21.6. The third-order valence-electron chi connectivity index (χ3n) is 4.90. The minimum absolute atomic E-state index is 0.111. The Bertz CT molecular complexity index is 1030. The first kappa shape index (κ1) is 21.4. The van der Waals surface area contributed by atoms with Gasteiger partial charge in [0.2, 0.25) is 5.91 Å². The first-order valence-electron chi connectivity index (χ1n) is 9.82. The van der Waals surface area contributed by atoms with Crippen molar-refractivity contribution in [3.63, 3.8) is 0 Å². The number of hydrogen-bond donors (Lipinski definition) is 1. The molecule has 0 radical (unpaired) electrons. The molecule has 0 spiro atoms. The summed E-state index contributed by atoms with van der Waals surface area (Å²) >= 11 is 7.23. The molecule has 2 aromatic carbocycles. The van der Waals surface area contributed by atoms with Crippen molar-refractivity contribution in [2.24, 2.45) is 0 Å². The summed E-state index contributed by atoms with van der Waals surface area (Å²) in [7, 11) is 0. The molecule has 1 amide bonds. The lowest BCUT2D eigenvalue weighted by Crippen LogP contribution is -2.46. The van der Waals surface area contributed by atoms with Gasteiger partial charge in [0, 0.05) is 48.6 Å². The lowest BCUT2D eigenvalue weighted by Gasteiger charge is -2.36. The molecule has 1 saturated heterocycles. The smallest absolute Gasteiger partial charge is 0.234 e. The van der Waals surface area contributed by atoms with Crippen LogP contribution in [-0.4, -0.2) is 47.8 Å². The van der Waals surface area contributed by atoms with Gasteiger partial charge in [-0.25, -0.2) is 14.4 Å². The van der Waals surface area contributed by atoms with Crippen molar-refractivity contribution < 1.29 is 9.18 Å². The van der Waals surface area contributed by atoms with Crippen LogP contribution < -0.4 is 15.1 Å². The van der Waals surface area contributed by atoms with Crippen LogP contribution in [0.4, 0.5) is 21.6 Å². The van der Waals surface area contributed by atoms with E-state index < -0.39 is 0 Å². The maximum atomic E-state index is 13.1. The number of nitrogens with zero attached hydrogens (tertiary/aromatic N) is 4. The maximum Gasteiger partial charge on any atom is 0.234 e. The van der Waals surface area contributed by atoms with Crippen LogP contribution >= 0.6 is 23.4 Å². The number of anilines is 3. The zero-order valence-corrected chi connectivity index (χ0v) is 18.2. The molecular formula is C22H21ClFN5OS. The number of thioether (sulfide) groups is 1. The van der Waals surface area contributed by atoms with Crippen molar-refractivity contribution in [3.8, 4) is 0 Å². The highest BCUT2D eigenvalue weighted by molar-refractivity contribution is 7.99. The molecule has 1 N–H and O–H groups in total. The number of nitrogens with one attached hydrogen (secondary N) is 1. The fourth-order valence-corrected chi connectivity index (χ4v) is 4.08. The molecule has 1 aliphatic rings. The summed E-state index contributed by atoms with van der Waals surface area (Å²) in [5.41, 5.74) is 1.73. The molecule has 1 aliphatic heterocycles. The van der Waals surface area contributed by atoms with E-state index in [0.717, 1.165) is 42.7 Å². The third kappa shape index (κ3) is 5.86. The van der Waals surface area contributed by atoms with Crippen molar-refractivity contribution in [1.82, 2.24) is 9.97 Å². The molecule has 0 saturated carbocycles. The van der Waals surface area contributed by atoms with E-state index in [2.05, 4.69) is 25.1 Å². The summed E-state index contributed by atoms with van der Waals surface area (Å²) in [6.07, 6.45) is 1.53. The van der Waals surface area contributed by atoms with E-state index in [9.17, 15) is 9.18 Å². The summed E-state index contributed by atoms with van der Waals surface area (Å²) in [6, 6.07) is 15.5. The van der Waals surface area contributed by atoms with Crippen LogP contribution in [0.5, 0.6) is 0 Å². The Balaban J connectivity index is 1.29. The molecule has 31 heavy (non-hydrogen) atoms. The zero-order valence-electron chi connectivity index (χ0n) is 16.7. The second-order valence-corrected chi connectivity index (χ2v) is 8.44. The summed E-state index contributed by atoms with van der Waals surface area (Å²) < 4.78 is 13.1. The standard InChI is InChI=1S/C22H21ClFN5OS/c23-16-1-5-18(6-2-16)27-21(30)14-31-22-13-20(25-15-26-22)29-11-9-28(10-12-29)19-7-3-17(24)4-8-19/h1-8,13,15H,9-12,14H2,(H,27,30). The third-order valence-corrected chi connectivity index (χ3v) is 6.08. The van der Waals surface area contributed by atoms with Crippen molar-refractivity contribution in [2.45, 2.75) is 5.03 Å². The van der Waals surface area contributed by atoms with E-state index in [-0.39, 0.29) is 17.5 Å². The number of halogens is 2. The number of hydrogen-bond acceptors (Lipinski definition) is 6. The maximum absolute atomic E-state index is 13.1. The average molecular weight is 458 g/mol. The Morgan fingerprint density at radius 3 is 2.39 bits per heavy atom. The molecule has 1 fully saturated rings. The monoisotopic (exact) mass is 457 g/mol. The Hall–Kier alpha value is -2.84. The van der Waals surface area contributed by atoms with Crippen LogP contribution in [0.3, 0.4) is 0 Å². The van der Waals surface area contributed by atoms with Crippen molar-refractivity contribution in [3.05, 3.63) is 71.8 Å². The van der Waals surface area contributed by atoms with E-state index in [1.54, 1.807) is 36.4 Å². The minimum atomic E-state index is -0.227. The molecule has 6 nitrogen and oxygen atoms in total. The highest BCUT2D eigenvalue weighted by Gasteiger charge is 2.19. The normalized spacial score (nSPS) is 13.9. The molecule has 160 valence electrons. The van der Waals surface area contributed by atoms with E-state index in [0.29, 0.717) is 10.7 Å². The number of benzene rings is 2. The number of rotatable bonds is 6. The Morgan fingerprint density at radius 1 is 1.00 bits per heavy atom. The summed E-state index contributed by atoms with van der Waals surface area (Å²) in [4.78, 5) is 25.3. The summed E-state index contributed by atoms with van der Waals surface area (Å²) in [6.45, 7) is 3.24. The van der Waals surface area contributed by atoms with Crippen LogP contribution in [0.2, 0.25) is 5.02 Å². The fourth-order valence-electron chi connectivity index (χ4n) is 3.30. The van der Waals surface area contributed by atoms with Crippen LogP contribution in [0.25, 0.3) is 0 Å². The van der Waals surface area contributed by atoms with Gasteiger partial charge in [0.1, 0.15) is 23.0 Å². The van der Waals surface area contributed by atoms with Gasteiger partial charge in [0.05, 0.1) is 5.75 Å². The SMILES string of the molecule is O=C(CSc1cc(N2CCN(c3ccc(F)cc3)CC2)ncn1)Nc1ccc(Cl)cc1. The van der Waals surface area contributed by atoms with Crippen LogP contribution in [-0.2, 0) is 4.79 Å². The lowest BCUT2D eigenvalue weighted by molar-refractivity contribution is -0.113. The van der Waals surface area contributed by atoms with Gasteiger partial charge in [-0.1, -0.05) is 23.4 Å². The molecule has 0 bridgehead atoms. The number of carbonyl (C=O) groups is 1. The Morgan fingerprint density at radius 2 is 1.68 bits per heavy atom. The number of piperazine rings is 1. The second kappa shape index (κ2) is 9.98. The van der Waals surface area contributed by atoms with Gasteiger partial charge in [-0.15, -0.1) is 0 Å². The molecule has 0 unspecified atom stereocenters. The Kier molecular flexibility index (Phi) is 6.89. The number of carbonyl (C=O) groups excluding carboxylic acids is 1. The lowest BCUT2D eigenvalue weighted by atomic mass is 10.2. The van der Waals surface area contributed by atoms with Gasteiger partial charge < -0.3 is 15.1 Å². The number of amides is 1. The highest BCUT2D eigenvalue weighted by atomic mass is 35.5. The first-order valence-corrected chi connectivity index (χ1v) is 11.2. The topological polar surface area (TPSA) is 61.4 Å². The quantitative estimate of drug-likeness (QED) is 0.439. The molecule has 1 aromatic heterocycles. The first-order chi connectivity index (χ1) is 15.1. The van der Waals surface area contributed by atoms with Crippen LogP contribution in [0.15, 0.2) is 66.0 Å². The summed E-state index contributed by atoms with van der Waals surface area (Å²) in [5, 5.41) is 4.21. The van der Waals surface area contributed by atoms with Crippen LogP contribution in [0.1, 0.15) is 0 Å². The average Bonchev–Trinajstić information content (AvgIpc) is 2.80. The van der Waals surface area contributed by atoms with Gasteiger partial charge in [-0.05, 0) is 48.5 Å². The molecule has 3 aromatic rings. The van der Waals surface area contributed by atoms with E-state index in [4.69, 9.17) is 11.6 Å². The van der Waals surface area contributed by atoms with Gasteiger partial charge in [-0.2, -0.15) is 0 Å². The van der Waals surface area contributed by atoms with Crippen molar-refractivity contribution in [2.75, 3.05) is 47.0 Å². The molecule has 2 heterocycles. The highest BCUT2D eigenvalue weighted by Crippen LogP contribution is 2.23. The molecule has 0 aliphatic carbocycles. The predicted octanol–water partition coefficient (Wildman–Crippen LogP) is 4.33. The second-order valence-electron chi connectivity index (χ2n) is 7.01. The van der Waals surface area contributed by atoms with Crippen molar-refractivity contribution in [1.29, 1.82) is 0 Å². The fraction of sp³-hybridized carbons (Fsp3) is 0.227. The van der Waals surface area contributed by atoms with E-state index in [1.807, 2.05) is 6.07 Å². The minimum Gasteiger partial charge on any atom is -0.368 e. The number of aromatic nitrogens is 2. The largest absolute Gasteiger partial charge is 0.368 e. The van der Waals surface area contributed by atoms with Gasteiger partial charge in [0.25, 0.3) is 0 Å². The molecule has 9 heteroatoms. The molecule has 4 rings (SSSR count). The molecular weight excluding hydrogens is 437 g/mol. The van der Waals surface area contributed by atoms with E-state index in [1.165, 1.54) is 30.2 Å². The summed E-state index contributed by atoms with van der Waals surface area (Å²) in [5.74, 6) is 0.752. The van der Waals surface area contributed by atoms with Gasteiger partial charge >= 0.3 is 0 Å². The predicted molar refractivity (Wildman–Crippen MR) is 124 cm³/mol.